The minimum absolute atomic E-state index is 0.165. The molecule has 1 fully saturated rings. The van der Waals surface area contributed by atoms with E-state index >= 15 is 0 Å². The molecule has 5 rings (SSSR count). The van der Waals surface area contributed by atoms with Gasteiger partial charge in [-0.3, -0.25) is 14.6 Å². The lowest BCUT2D eigenvalue weighted by Gasteiger charge is -2.42. The number of nitrogens with zero attached hydrogens (tertiary/aromatic N) is 2. The van der Waals surface area contributed by atoms with E-state index in [9.17, 15) is 9.59 Å². The van der Waals surface area contributed by atoms with Crippen molar-refractivity contribution < 1.29 is 14.3 Å². The molecule has 0 spiro atoms. The SMILES string of the molecule is COc1ccc2[nH]c3c(c2c1)C[C@@]1(C)C(=O)N(C)C(=O)N1[C@@H]3c1ccccc1. The Balaban J connectivity index is 1.82. The fourth-order valence-corrected chi connectivity index (χ4v) is 4.70. The van der Waals surface area contributed by atoms with E-state index < -0.39 is 5.54 Å². The van der Waals surface area contributed by atoms with Crippen LogP contribution >= 0.6 is 0 Å². The van der Waals surface area contributed by atoms with Crippen molar-refractivity contribution in [1.29, 1.82) is 0 Å². The number of amides is 3. The van der Waals surface area contributed by atoms with Crippen molar-refractivity contribution in [2.45, 2.75) is 24.9 Å². The zero-order valence-corrected chi connectivity index (χ0v) is 16.0. The molecule has 28 heavy (non-hydrogen) atoms. The van der Waals surface area contributed by atoms with E-state index in [-0.39, 0.29) is 18.0 Å². The van der Waals surface area contributed by atoms with Crippen LogP contribution < -0.4 is 4.74 Å². The number of nitrogens with one attached hydrogen (secondary N) is 1. The van der Waals surface area contributed by atoms with Crippen molar-refractivity contribution in [2.75, 3.05) is 14.2 Å². The number of carbonyl (C=O) groups excluding carboxylic acids is 2. The number of aromatic nitrogens is 1. The molecule has 3 amide bonds. The number of ether oxygens (including phenoxy) is 1. The number of fused-ring (bicyclic) bond motifs is 4. The summed E-state index contributed by atoms with van der Waals surface area (Å²) in [7, 11) is 3.20. The van der Waals surface area contributed by atoms with Crippen molar-refractivity contribution in [1.82, 2.24) is 14.8 Å². The highest BCUT2D eigenvalue weighted by atomic mass is 16.5. The molecule has 0 unspecified atom stereocenters. The molecule has 1 N–H and O–H groups in total. The van der Waals surface area contributed by atoms with Crippen LogP contribution in [0.15, 0.2) is 48.5 Å². The maximum absolute atomic E-state index is 13.1. The van der Waals surface area contributed by atoms with E-state index in [1.165, 1.54) is 4.90 Å². The van der Waals surface area contributed by atoms with Crippen molar-refractivity contribution in [3.05, 3.63) is 65.4 Å². The van der Waals surface area contributed by atoms with Gasteiger partial charge in [-0.25, -0.2) is 4.79 Å². The van der Waals surface area contributed by atoms with Crippen LogP contribution in [-0.4, -0.2) is 46.4 Å². The average molecular weight is 375 g/mol. The number of aromatic amines is 1. The number of rotatable bonds is 2. The fourth-order valence-electron chi connectivity index (χ4n) is 4.70. The summed E-state index contributed by atoms with van der Waals surface area (Å²) >= 11 is 0. The summed E-state index contributed by atoms with van der Waals surface area (Å²) in [6.07, 6.45) is 0.466. The molecule has 1 saturated heterocycles. The van der Waals surface area contributed by atoms with Gasteiger partial charge in [0.25, 0.3) is 5.91 Å². The van der Waals surface area contributed by atoms with E-state index in [4.69, 9.17) is 4.74 Å². The average Bonchev–Trinajstić information content (AvgIpc) is 3.15. The molecule has 0 radical (unpaired) electrons. The van der Waals surface area contributed by atoms with Crippen LogP contribution in [0.25, 0.3) is 10.9 Å². The van der Waals surface area contributed by atoms with Gasteiger partial charge in [0.1, 0.15) is 17.3 Å². The van der Waals surface area contributed by atoms with Crippen LogP contribution in [-0.2, 0) is 11.2 Å². The molecule has 142 valence electrons. The Bertz CT molecular complexity index is 1120. The molecular formula is C22H21N3O3. The first-order valence-corrected chi connectivity index (χ1v) is 9.30. The van der Waals surface area contributed by atoms with E-state index in [1.54, 1.807) is 19.1 Å². The third-order valence-corrected chi connectivity index (χ3v) is 6.10. The molecule has 2 atom stereocenters. The van der Waals surface area contributed by atoms with Crippen molar-refractivity contribution in [2.24, 2.45) is 0 Å². The van der Waals surface area contributed by atoms with Crippen molar-refractivity contribution in [3.63, 3.8) is 0 Å². The third-order valence-electron chi connectivity index (χ3n) is 6.10. The van der Waals surface area contributed by atoms with E-state index in [2.05, 4.69) is 4.98 Å². The summed E-state index contributed by atoms with van der Waals surface area (Å²) in [6.45, 7) is 1.87. The van der Waals surface area contributed by atoms with Gasteiger partial charge < -0.3 is 9.72 Å². The summed E-state index contributed by atoms with van der Waals surface area (Å²) in [5, 5.41) is 1.03. The molecular weight excluding hydrogens is 354 g/mol. The van der Waals surface area contributed by atoms with Gasteiger partial charge in [-0.15, -0.1) is 0 Å². The number of urea groups is 1. The van der Waals surface area contributed by atoms with Gasteiger partial charge in [0.2, 0.25) is 0 Å². The third kappa shape index (κ3) is 2.03. The molecule has 2 aliphatic rings. The zero-order valence-electron chi connectivity index (χ0n) is 16.0. The number of methoxy groups -OCH3 is 1. The Morgan fingerprint density at radius 3 is 2.61 bits per heavy atom. The second-order valence-electron chi connectivity index (χ2n) is 7.71. The summed E-state index contributed by atoms with van der Waals surface area (Å²) in [6, 6.07) is 15.1. The minimum atomic E-state index is -0.919. The van der Waals surface area contributed by atoms with E-state index in [1.807, 2.05) is 55.5 Å². The lowest BCUT2D eigenvalue weighted by Crippen LogP contribution is -2.53. The standard InChI is InChI=1S/C22H21N3O3/c1-22-12-16-15-11-14(28-3)9-10-17(15)23-18(16)19(13-7-5-4-6-8-13)25(22)21(27)24(2)20(22)26/h4-11,19,23H,12H2,1-3H3/t19-,22+/m1/s1. The quantitative estimate of drug-likeness (QED) is 0.698. The molecule has 2 aromatic carbocycles. The van der Waals surface area contributed by atoms with Gasteiger partial charge in [-0.05, 0) is 36.2 Å². The van der Waals surface area contributed by atoms with Crippen LogP contribution in [0.5, 0.6) is 5.75 Å². The highest BCUT2D eigenvalue weighted by molar-refractivity contribution is 6.08. The largest absolute Gasteiger partial charge is 0.497 e. The van der Waals surface area contributed by atoms with E-state index in [0.717, 1.165) is 33.5 Å². The second kappa shape index (κ2) is 5.61. The first kappa shape index (κ1) is 16.9. The topological polar surface area (TPSA) is 65.6 Å². The Kier molecular flexibility index (Phi) is 3.38. The molecule has 6 nitrogen and oxygen atoms in total. The number of hydrogen-bond acceptors (Lipinski definition) is 3. The van der Waals surface area contributed by atoms with Crippen molar-refractivity contribution in [3.8, 4) is 5.75 Å². The van der Waals surface area contributed by atoms with Crippen LogP contribution in [0.4, 0.5) is 4.79 Å². The van der Waals surface area contributed by atoms with Gasteiger partial charge in [0.15, 0.2) is 0 Å². The van der Waals surface area contributed by atoms with Gasteiger partial charge in [-0.1, -0.05) is 30.3 Å². The van der Waals surface area contributed by atoms with Gasteiger partial charge in [0.05, 0.1) is 7.11 Å². The zero-order chi connectivity index (χ0) is 19.6. The van der Waals surface area contributed by atoms with Gasteiger partial charge in [0, 0.05) is 30.1 Å². The van der Waals surface area contributed by atoms with Gasteiger partial charge >= 0.3 is 6.03 Å². The monoisotopic (exact) mass is 375 g/mol. The summed E-state index contributed by atoms with van der Waals surface area (Å²) < 4.78 is 5.41. The summed E-state index contributed by atoms with van der Waals surface area (Å²) in [5.41, 5.74) is 3.06. The highest BCUT2D eigenvalue weighted by Crippen LogP contribution is 2.48. The molecule has 1 aromatic heterocycles. The van der Waals surface area contributed by atoms with Crippen LogP contribution in [0, 0.1) is 0 Å². The fraction of sp³-hybridized carbons (Fsp3) is 0.273. The number of benzene rings is 2. The smallest absolute Gasteiger partial charge is 0.328 e. The Morgan fingerprint density at radius 2 is 1.89 bits per heavy atom. The molecule has 0 aliphatic carbocycles. The molecule has 3 aromatic rings. The molecule has 6 heteroatoms. The van der Waals surface area contributed by atoms with Crippen LogP contribution in [0.2, 0.25) is 0 Å². The molecule has 0 saturated carbocycles. The predicted molar refractivity (Wildman–Crippen MR) is 105 cm³/mol. The summed E-state index contributed by atoms with van der Waals surface area (Å²) in [4.78, 5) is 32.6. The summed E-state index contributed by atoms with van der Waals surface area (Å²) in [5.74, 6) is 0.602. The van der Waals surface area contributed by atoms with E-state index in [0.29, 0.717) is 6.42 Å². The maximum atomic E-state index is 13.1. The normalized spacial score (nSPS) is 23.9. The highest BCUT2D eigenvalue weighted by Gasteiger charge is 2.59. The first-order chi connectivity index (χ1) is 13.5. The number of likely N-dealkylation sites (N-methyl/N-ethyl adjacent to an activating group) is 1. The second-order valence-corrected chi connectivity index (χ2v) is 7.71. The maximum Gasteiger partial charge on any atom is 0.328 e. The number of carbonyl (C=O) groups is 2. The number of imide groups is 1. The Morgan fingerprint density at radius 1 is 1.14 bits per heavy atom. The van der Waals surface area contributed by atoms with Crippen molar-refractivity contribution >= 4 is 22.8 Å². The minimum Gasteiger partial charge on any atom is -0.497 e. The lowest BCUT2D eigenvalue weighted by molar-refractivity contribution is -0.132. The molecule has 2 aliphatic heterocycles. The van der Waals surface area contributed by atoms with Crippen LogP contribution in [0.1, 0.15) is 29.8 Å². The lowest BCUT2D eigenvalue weighted by atomic mass is 9.81. The number of hydrogen-bond donors (Lipinski definition) is 1. The Labute approximate surface area is 162 Å². The van der Waals surface area contributed by atoms with Crippen LogP contribution in [0.3, 0.4) is 0 Å². The number of H-pyrrole nitrogens is 1. The first-order valence-electron chi connectivity index (χ1n) is 9.30. The predicted octanol–water partition coefficient (Wildman–Crippen LogP) is 3.47. The Hall–Kier alpha value is -3.28. The van der Waals surface area contributed by atoms with Gasteiger partial charge in [-0.2, -0.15) is 0 Å². The molecule has 3 heterocycles. The molecule has 0 bridgehead atoms.